The van der Waals surface area contributed by atoms with Gasteiger partial charge in [0.25, 0.3) is 5.56 Å². The fourth-order valence-electron chi connectivity index (χ4n) is 1.94. The van der Waals surface area contributed by atoms with Gasteiger partial charge in [-0.25, -0.2) is 4.79 Å². The topological polar surface area (TPSA) is 64.1 Å². The summed E-state index contributed by atoms with van der Waals surface area (Å²) in [6, 6.07) is 7.19. The molecule has 1 N–H and O–H groups in total. The van der Waals surface area contributed by atoms with Gasteiger partial charge in [0, 0.05) is 17.1 Å². The Hall–Kier alpha value is -1.37. The highest BCUT2D eigenvalue weighted by Gasteiger charge is 2.17. The lowest BCUT2D eigenvalue weighted by Crippen LogP contribution is -2.39. The fourth-order valence-corrected chi connectivity index (χ4v) is 2.69. The molecule has 0 fully saturated rings. The Labute approximate surface area is 134 Å². The van der Waals surface area contributed by atoms with Gasteiger partial charge in [-0.2, -0.15) is 0 Å². The average molecular weight is 374 g/mol. The molecule has 0 aliphatic rings. The predicted molar refractivity (Wildman–Crippen MR) is 85.9 cm³/mol. The third kappa shape index (κ3) is 3.28. The van der Waals surface area contributed by atoms with Crippen LogP contribution in [0.5, 0.6) is 0 Å². The first-order chi connectivity index (χ1) is 9.95. The Bertz CT molecular complexity index is 770. The minimum absolute atomic E-state index is 0.0261. The second kappa shape index (κ2) is 6.60. The van der Waals surface area contributed by atoms with Gasteiger partial charge in [0.15, 0.2) is 0 Å². The van der Waals surface area contributed by atoms with E-state index < -0.39 is 11.2 Å². The lowest BCUT2D eigenvalue weighted by Gasteiger charge is -2.13. The van der Waals surface area contributed by atoms with Gasteiger partial charge in [0.2, 0.25) is 0 Å². The summed E-state index contributed by atoms with van der Waals surface area (Å²) in [6.07, 6.45) is -0.267. The van der Waals surface area contributed by atoms with Crippen molar-refractivity contribution < 1.29 is 4.74 Å². The summed E-state index contributed by atoms with van der Waals surface area (Å²) in [5.41, 5.74) is -0.112. The van der Waals surface area contributed by atoms with Crippen LogP contribution in [0, 0.1) is 0 Å². The number of nitrogens with one attached hydrogen (secondary N) is 1. The van der Waals surface area contributed by atoms with E-state index in [1.807, 2.05) is 6.07 Å². The molecule has 0 aliphatic heterocycles. The van der Waals surface area contributed by atoms with Crippen molar-refractivity contribution in [1.29, 1.82) is 0 Å². The summed E-state index contributed by atoms with van der Waals surface area (Å²) in [4.78, 5) is 27.0. The van der Waals surface area contributed by atoms with Crippen LogP contribution in [-0.2, 0) is 11.3 Å². The van der Waals surface area contributed by atoms with Gasteiger partial charge in [-0.05, 0) is 13.0 Å². The Morgan fingerprint density at radius 2 is 2.05 bits per heavy atom. The van der Waals surface area contributed by atoms with Gasteiger partial charge in [-0.3, -0.25) is 14.3 Å². The molecule has 5 nitrogen and oxygen atoms in total. The smallest absolute Gasteiger partial charge is 0.329 e. The summed E-state index contributed by atoms with van der Waals surface area (Å²) in [5.74, 6) is 0. The van der Waals surface area contributed by atoms with E-state index >= 15 is 0 Å². The van der Waals surface area contributed by atoms with Crippen LogP contribution in [0.25, 0.3) is 11.1 Å². The fraction of sp³-hybridized carbons (Fsp3) is 0.286. The lowest BCUT2D eigenvalue weighted by atomic mass is 10.1. The van der Waals surface area contributed by atoms with E-state index in [0.717, 1.165) is 9.04 Å². The van der Waals surface area contributed by atoms with Crippen molar-refractivity contribution in [3.05, 3.63) is 54.7 Å². The maximum Gasteiger partial charge on any atom is 0.329 e. The zero-order valence-corrected chi connectivity index (χ0v) is 13.9. The van der Waals surface area contributed by atoms with Gasteiger partial charge in [-0.15, -0.1) is 0 Å². The number of halogens is 2. The number of aromatic amines is 1. The van der Waals surface area contributed by atoms with Gasteiger partial charge >= 0.3 is 5.69 Å². The molecular formula is C14H14BrClN2O3. The molecule has 1 unspecified atom stereocenters. The molecule has 112 valence electrons. The molecule has 21 heavy (non-hydrogen) atoms. The Kier molecular flexibility index (Phi) is 5.03. The molecule has 0 aliphatic carbocycles. The van der Waals surface area contributed by atoms with Gasteiger partial charge in [0.05, 0.1) is 18.2 Å². The molecule has 7 heteroatoms. The molecule has 0 spiro atoms. The second-order valence-electron chi connectivity index (χ2n) is 4.56. The van der Waals surface area contributed by atoms with E-state index in [-0.39, 0.29) is 23.4 Å². The van der Waals surface area contributed by atoms with Crippen LogP contribution in [0.1, 0.15) is 6.92 Å². The van der Waals surface area contributed by atoms with Crippen molar-refractivity contribution in [2.24, 2.45) is 0 Å². The minimum Gasteiger partial charge on any atom is -0.380 e. The summed E-state index contributed by atoms with van der Waals surface area (Å²) in [5, 5.41) is 0.0261. The van der Waals surface area contributed by atoms with Crippen LogP contribution in [-0.4, -0.2) is 22.8 Å². The molecule has 0 bridgehead atoms. The second-order valence-corrected chi connectivity index (χ2v) is 5.79. The zero-order chi connectivity index (χ0) is 15.6. The van der Waals surface area contributed by atoms with E-state index in [0.29, 0.717) is 5.56 Å². The maximum absolute atomic E-state index is 12.6. The molecule has 0 radical (unpaired) electrons. The number of H-pyrrole nitrogens is 1. The molecule has 0 saturated heterocycles. The van der Waals surface area contributed by atoms with Crippen LogP contribution in [0.4, 0.5) is 0 Å². The van der Waals surface area contributed by atoms with Crippen molar-refractivity contribution in [3.8, 4) is 11.1 Å². The molecule has 2 aromatic rings. The monoisotopic (exact) mass is 372 g/mol. The summed E-state index contributed by atoms with van der Waals surface area (Å²) >= 11 is 9.45. The predicted octanol–water partition coefficient (Wildman–Crippen LogP) is 2.65. The van der Waals surface area contributed by atoms with Crippen LogP contribution < -0.4 is 11.2 Å². The molecule has 2 rings (SSSR count). The first-order valence-corrected chi connectivity index (χ1v) is 7.43. The quantitative estimate of drug-likeness (QED) is 0.838. The standard InChI is InChI=1S/C14H14BrClN2O3/c1-8(21-2)7-18-13(19)11(12(16)17-14(18)20)9-5-3-4-6-10(9)15/h3-6,8H,7H2,1-2H3,(H,17,20). The first-order valence-electron chi connectivity index (χ1n) is 6.26. The van der Waals surface area contributed by atoms with Crippen molar-refractivity contribution >= 4 is 27.5 Å². The van der Waals surface area contributed by atoms with Gasteiger partial charge < -0.3 is 4.74 Å². The number of hydrogen-bond donors (Lipinski definition) is 1. The number of nitrogens with zero attached hydrogens (tertiary/aromatic N) is 1. The highest BCUT2D eigenvalue weighted by Crippen LogP contribution is 2.28. The summed E-state index contributed by atoms with van der Waals surface area (Å²) < 4.78 is 6.93. The van der Waals surface area contributed by atoms with Crippen LogP contribution >= 0.6 is 27.5 Å². The van der Waals surface area contributed by atoms with Crippen molar-refractivity contribution in [2.75, 3.05) is 7.11 Å². The van der Waals surface area contributed by atoms with E-state index in [4.69, 9.17) is 16.3 Å². The largest absolute Gasteiger partial charge is 0.380 e. The third-order valence-electron chi connectivity index (χ3n) is 3.13. The zero-order valence-electron chi connectivity index (χ0n) is 11.5. The average Bonchev–Trinajstić information content (AvgIpc) is 2.45. The highest BCUT2D eigenvalue weighted by molar-refractivity contribution is 9.10. The third-order valence-corrected chi connectivity index (χ3v) is 4.10. The Morgan fingerprint density at radius 3 is 2.67 bits per heavy atom. The molecular weight excluding hydrogens is 360 g/mol. The summed E-state index contributed by atoms with van der Waals surface area (Å²) in [7, 11) is 1.52. The lowest BCUT2D eigenvalue weighted by molar-refractivity contribution is 0.101. The molecule has 0 saturated carbocycles. The van der Waals surface area contributed by atoms with E-state index in [1.165, 1.54) is 7.11 Å². The number of methoxy groups -OCH3 is 1. The normalized spacial score (nSPS) is 12.4. The number of benzene rings is 1. The van der Waals surface area contributed by atoms with E-state index in [2.05, 4.69) is 20.9 Å². The van der Waals surface area contributed by atoms with E-state index in [9.17, 15) is 9.59 Å². The number of rotatable bonds is 4. The molecule has 1 aromatic carbocycles. The van der Waals surface area contributed by atoms with Crippen LogP contribution in [0.15, 0.2) is 38.3 Å². The van der Waals surface area contributed by atoms with Gasteiger partial charge in [0.1, 0.15) is 5.15 Å². The van der Waals surface area contributed by atoms with Crippen molar-refractivity contribution in [3.63, 3.8) is 0 Å². The highest BCUT2D eigenvalue weighted by atomic mass is 79.9. The number of ether oxygens (including phenoxy) is 1. The van der Waals surface area contributed by atoms with Gasteiger partial charge in [-0.1, -0.05) is 45.7 Å². The van der Waals surface area contributed by atoms with Crippen molar-refractivity contribution in [2.45, 2.75) is 19.6 Å². The van der Waals surface area contributed by atoms with Crippen LogP contribution in [0.3, 0.4) is 0 Å². The Morgan fingerprint density at radius 1 is 1.38 bits per heavy atom. The molecule has 1 heterocycles. The van der Waals surface area contributed by atoms with Crippen molar-refractivity contribution in [1.82, 2.24) is 9.55 Å². The Balaban J connectivity index is 2.68. The number of aromatic nitrogens is 2. The first kappa shape index (κ1) is 16.0. The molecule has 0 amide bonds. The minimum atomic E-state index is -0.551. The van der Waals surface area contributed by atoms with Crippen LogP contribution in [0.2, 0.25) is 5.15 Å². The molecule has 1 aromatic heterocycles. The summed E-state index contributed by atoms with van der Waals surface area (Å²) in [6.45, 7) is 1.93. The maximum atomic E-state index is 12.6. The number of hydrogen-bond acceptors (Lipinski definition) is 3. The molecule has 1 atom stereocenters. The van der Waals surface area contributed by atoms with E-state index in [1.54, 1.807) is 25.1 Å². The SMILES string of the molecule is COC(C)Cn1c(=O)[nH]c(Cl)c(-c2ccccc2Br)c1=O.